The molecule has 0 saturated heterocycles. The van der Waals surface area contributed by atoms with Gasteiger partial charge in [0.15, 0.2) is 0 Å². The van der Waals surface area contributed by atoms with Crippen molar-refractivity contribution in [1.29, 1.82) is 0 Å². The Labute approximate surface area is 103 Å². The predicted octanol–water partition coefficient (Wildman–Crippen LogP) is 3.93. The molecule has 0 fully saturated rings. The van der Waals surface area contributed by atoms with Crippen LogP contribution >= 0.6 is 15.9 Å². The monoisotopic (exact) mass is 274 g/mol. The number of hydrogen-bond donors (Lipinski definition) is 0. The summed E-state index contributed by atoms with van der Waals surface area (Å²) in [6.07, 6.45) is 0.949. The molecule has 3 rings (SSSR count). The highest BCUT2D eigenvalue weighted by Crippen LogP contribution is 2.29. The molecule has 0 N–H and O–H groups in total. The molecule has 0 amide bonds. The molecule has 0 unspecified atom stereocenters. The van der Waals surface area contributed by atoms with E-state index in [1.165, 1.54) is 16.7 Å². The molecular formula is C14H11BrO. The summed E-state index contributed by atoms with van der Waals surface area (Å²) in [4.78, 5) is 0. The van der Waals surface area contributed by atoms with Crippen LogP contribution in [0.25, 0.3) is 0 Å². The van der Waals surface area contributed by atoms with E-state index in [9.17, 15) is 0 Å². The molecule has 1 nitrogen and oxygen atoms in total. The van der Waals surface area contributed by atoms with E-state index in [0.717, 1.165) is 16.6 Å². The summed E-state index contributed by atoms with van der Waals surface area (Å²) in [6, 6.07) is 14.6. The quantitative estimate of drug-likeness (QED) is 0.707. The molecular weight excluding hydrogens is 264 g/mol. The van der Waals surface area contributed by atoms with Crippen molar-refractivity contribution in [3.05, 3.63) is 63.6 Å². The number of fused-ring (bicyclic) bond motifs is 2. The van der Waals surface area contributed by atoms with Crippen LogP contribution in [0.3, 0.4) is 0 Å². The largest absolute Gasteiger partial charge is 0.489 e. The third-order valence-corrected chi connectivity index (χ3v) is 3.40. The normalized spacial score (nSPS) is 13.3. The van der Waals surface area contributed by atoms with Crippen molar-refractivity contribution < 1.29 is 4.74 Å². The van der Waals surface area contributed by atoms with Gasteiger partial charge in [-0.05, 0) is 34.9 Å². The lowest BCUT2D eigenvalue weighted by Crippen LogP contribution is -1.95. The maximum absolute atomic E-state index is 5.80. The summed E-state index contributed by atoms with van der Waals surface area (Å²) < 4.78 is 6.93. The Morgan fingerprint density at radius 3 is 2.75 bits per heavy atom. The molecule has 0 atom stereocenters. The van der Waals surface area contributed by atoms with Gasteiger partial charge in [-0.3, -0.25) is 0 Å². The number of hydrogen-bond acceptors (Lipinski definition) is 1. The number of halogens is 1. The van der Waals surface area contributed by atoms with Gasteiger partial charge in [-0.2, -0.15) is 0 Å². The van der Waals surface area contributed by atoms with Crippen LogP contribution in [0.5, 0.6) is 5.75 Å². The van der Waals surface area contributed by atoms with Crippen molar-refractivity contribution in [1.82, 2.24) is 0 Å². The van der Waals surface area contributed by atoms with E-state index in [-0.39, 0.29) is 0 Å². The third kappa shape index (κ3) is 1.74. The van der Waals surface area contributed by atoms with Gasteiger partial charge in [-0.25, -0.2) is 0 Å². The first kappa shape index (κ1) is 9.91. The molecule has 0 aromatic heterocycles. The van der Waals surface area contributed by atoms with Crippen LogP contribution in [0.15, 0.2) is 46.9 Å². The summed E-state index contributed by atoms with van der Waals surface area (Å²) in [5.41, 5.74) is 3.89. The van der Waals surface area contributed by atoms with Gasteiger partial charge in [-0.15, -0.1) is 0 Å². The zero-order chi connectivity index (χ0) is 11.0. The average Bonchev–Trinajstić information content (AvgIpc) is 2.47. The molecule has 1 heterocycles. The fraction of sp³-hybridized carbons (Fsp3) is 0.143. The highest BCUT2D eigenvalue weighted by molar-refractivity contribution is 9.10. The van der Waals surface area contributed by atoms with Crippen molar-refractivity contribution in [2.45, 2.75) is 13.0 Å². The molecule has 80 valence electrons. The van der Waals surface area contributed by atoms with Gasteiger partial charge in [-0.1, -0.05) is 40.2 Å². The van der Waals surface area contributed by atoms with E-state index in [2.05, 4.69) is 46.3 Å². The van der Waals surface area contributed by atoms with Crippen LogP contribution in [-0.2, 0) is 13.0 Å². The average molecular weight is 275 g/mol. The van der Waals surface area contributed by atoms with E-state index in [1.54, 1.807) is 0 Å². The van der Waals surface area contributed by atoms with E-state index in [4.69, 9.17) is 4.74 Å². The van der Waals surface area contributed by atoms with Crippen LogP contribution in [0.1, 0.15) is 16.7 Å². The molecule has 0 aliphatic carbocycles. The summed E-state index contributed by atoms with van der Waals surface area (Å²) >= 11 is 3.52. The second kappa shape index (κ2) is 3.95. The van der Waals surface area contributed by atoms with Gasteiger partial charge in [0.2, 0.25) is 0 Å². The van der Waals surface area contributed by atoms with Gasteiger partial charge in [0, 0.05) is 10.9 Å². The molecule has 16 heavy (non-hydrogen) atoms. The first-order chi connectivity index (χ1) is 7.83. The molecule has 2 heteroatoms. The fourth-order valence-corrected chi connectivity index (χ4v) is 2.46. The van der Waals surface area contributed by atoms with Gasteiger partial charge >= 0.3 is 0 Å². The van der Waals surface area contributed by atoms with E-state index < -0.39 is 0 Å². The summed E-state index contributed by atoms with van der Waals surface area (Å²) in [5, 5.41) is 0. The molecule has 0 spiro atoms. The predicted molar refractivity (Wildman–Crippen MR) is 67.7 cm³/mol. The number of ether oxygens (including phenoxy) is 1. The van der Waals surface area contributed by atoms with E-state index in [0.29, 0.717) is 6.61 Å². The molecule has 2 aromatic rings. The lowest BCUT2D eigenvalue weighted by molar-refractivity contribution is 0.307. The minimum absolute atomic E-state index is 0.666. The minimum atomic E-state index is 0.666. The van der Waals surface area contributed by atoms with Crippen molar-refractivity contribution in [3.8, 4) is 5.75 Å². The molecule has 2 aromatic carbocycles. The van der Waals surface area contributed by atoms with Crippen LogP contribution in [0.2, 0.25) is 0 Å². The Bertz CT molecular complexity index is 534. The number of rotatable bonds is 0. The molecule has 1 aliphatic rings. The summed E-state index contributed by atoms with van der Waals surface area (Å²) in [7, 11) is 0. The smallest absolute Gasteiger partial charge is 0.123 e. The zero-order valence-corrected chi connectivity index (χ0v) is 10.3. The number of para-hydroxylation sites is 1. The first-order valence-corrected chi connectivity index (χ1v) is 6.10. The Balaban J connectivity index is 2.10. The second-order valence-corrected chi connectivity index (χ2v) is 4.90. The van der Waals surface area contributed by atoms with Crippen LogP contribution in [0.4, 0.5) is 0 Å². The van der Waals surface area contributed by atoms with Gasteiger partial charge < -0.3 is 4.74 Å². The molecule has 0 saturated carbocycles. The van der Waals surface area contributed by atoms with Crippen LogP contribution < -0.4 is 4.74 Å². The Morgan fingerprint density at radius 2 is 1.81 bits per heavy atom. The van der Waals surface area contributed by atoms with Crippen molar-refractivity contribution in [2.75, 3.05) is 0 Å². The Kier molecular flexibility index (Phi) is 2.44. The van der Waals surface area contributed by atoms with Gasteiger partial charge in [0.25, 0.3) is 0 Å². The maximum atomic E-state index is 5.80. The van der Waals surface area contributed by atoms with Crippen molar-refractivity contribution >= 4 is 15.9 Å². The van der Waals surface area contributed by atoms with Gasteiger partial charge in [0.1, 0.15) is 12.4 Å². The molecule has 0 radical (unpaired) electrons. The second-order valence-electron chi connectivity index (χ2n) is 3.99. The van der Waals surface area contributed by atoms with Crippen LogP contribution in [0, 0.1) is 0 Å². The van der Waals surface area contributed by atoms with Gasteiger partial charge in [0.05, 0.1) is 0 Å². The minimum Gasteiger partial charge on any atom is -0.489 e. The lowest BCUT2D eigenvalue weighted by Gasteiger charge is -2.05. The Hall–Kier alpha value is -1.28. The van der Waals surface area contributed by atoms with Crippen molar-refractivity contribution in [3.63, 3.8) is 0 Å². The zero-order valence-electron chi connectivity index (χ0n) is 8.74. The Morgan fingerprint density at radius 1 is 0.938 bits per heavy atom. The number of benzene rings is 2. The van der Waals surface area contributed by atoms with E-state index in [1.807, 2.05) is 12.1 Å². The molecule has 0 bridgehead atoms. The highest BCUT2D eigenvalue weighted by Gasteiger charge is 2.13. The van der Waals surface area contributed by atoms with E-state index >= 15 is 0 Å². The summed E-state index contributed by atoms with van der Waals surface area (Å²) in [6.45, 7) is 0.666. The standard InChI is InChI=1S/C14H11BrO/c15-13-6-5-11-9-16-14-4-2-1-3-10(14)7-12(11)8-13/h1-6,8H,7,9H2. The lowest BCUT2D eigenvalue weighted by atomic mass is 10.0. The van der Waals surface area contributed by atoms with Crippen molar-refractivity contribution in [2.24, 2.45) is 0 Å². The van der Waals surface area contributed by atoms with Crippen LogP contribution in [-0.4, -0.2) is 0 Å². The first-order valence-electron chi connectivity index (χ1n) is 5.31. The maximum Gasteiger partial charge on any atom is 0.123 e. The summed E-state index contributed by atoms with van der Waals surface area (Å²) in [5.74, 6) is 1.01. The SMILES string of the molecule is Brc1ccc2c(c1)Cc1ccccc1OC2. The topological polar surface area (TPSA) is 9.23 Å². The fourth-order valence-electron chi connectivity index (χ4n) is 2.05. The third-order valence-electron chi connectivity index (χ3n) is 2.90. The highest BCUT2D eigenvalue weighted by atomic mass is 79.9. The molecule has 1 aliphatic heterocycles.